The van der Waals surface area contributed by atoms with Gasteiger partial charge in [-0.05, 0) is 44.4 Å². The summed E-state index contributed by atoms with van der Waals surface area (Å²) in [6.45, 7) is 2.22. The molecule has 1 aliphatic heterocycles. The van der Waals surface area contributed by atoms with Crippen molar-refractivity contribution in [1.29, 1.82) is 0 Å². The Morgan fingerprint density at radius 2 is 2.24 bits per heavy atom. The van der Waals surface area contributed by atoms with Gasteiger partial charge in [0.2, 0.25) is 11.7 Å². The number of nitrogens with zero attached hydrogens (tertiary/aromatic N) is 3. The first-order chi connectivity index (χ1) is 8.33. The van der Waals surface area contributed by atoms with Crippen molar-refractivity contribution in [3.05, 3.63) is 23.4 Å². The van der Waals surface area contributed by atoms with E-state index in [2.05, 4.69) is 22.1 Å². The van der Waals surface area contributed by atoms with Crippen LogP contribution < -0.4 is 0 Å². The summed E-state index contributed by atoms with van der Waals surface area (Å²) in [4.78, 5) is 7.93. The molecule has 1 aliphatic rings. The zero-order valence-corrected chi connectivity index (χ0v) is 10.6. The van der Waals surface area contributed by atoms with E-state index in [4.69, 9.17) is 4.52 Å². The maximum Gasteiger partial charge on any atom is 0.230 e. The molecular weight excluding hydrogens is 234 g/mol. The molecule has 0 aliphatic carbocycles. The Bertz CT molecular complexity index is 472. The molecule has 0 bridgehead atoms. The minimum atomic E-state index is 0.437. The van der Waals surface area contributed by atoms with Crippen molar-refractivity contribution < 1.29 is 4.52 Å². The second-order valence-electron chi connectivity index (χ2n) is 4.51. The van der Waals surface area contributed by atoms with Gasteiger partial charge in [-0.3, -0.25) is 0 Å². The van der Waals surface area contributed by atoms with Crippen molar-refractivity contribution in [3.63, 3.8) is 0 Å². The van der Waals surface area contributed by atoms with E-state index in [-0.39, 0.29) is 0 Å². The van der Waals surface area contributed by atoms with Crippen LogP contribution in [0.2, 0.25) is 0 Å². The number of aromatic nitrogens is 2. The molecule has 17 heavy (non-hydrogen) atoms. The molecule has 0 spiro atoms. The third-order valence-electron chi connectivity index (χ3n) is 3.25. The summed E-state index contributed by atoms with van der Waals surface area (Å²) in [5, 5.41) is 6.09. The molecule has 3 rings (SSSR count). The van der Waals surface area contributed by atoms with Crippen LogP contribution in [-0.2, 0) is 0 Å². The van der Waals surface area contributed by atoms with Crippen LogP contribution in [-0.4, -0.2) is 35.2 Å². The Labute approximate surface area is 104 Å². The molecule has 2 aromatic heterocycles. The first kappa shape index (κ1) is 10.9. The van der Waals surface area contributed by atoms with Gasteiger partial charge in [0.25, 0.3) is 0 Å². The van der Waals surface area contributed by atoms with Crippen molar-refractivity contribution >= 4 is 11.3 Å². The average Bonchev–Trinajstić information content (AvgIpc) is 3.00. The lowest BCUT2D eigenvalue weighted by atomic mass is 9.97. The molecule has 4 nitrogen and oxygen atoms in total. The minimum Gasteiger partial charge on any atom is -0.339 e. The first-order valence-electron chi connectivity index (χ1n) is 5.89. The summed E-state index contributed by atoms with van der Waals surface area (Å²) in [6, 6.07) is 4.03. The van der Waals surface area contributed by atoms with Crippen LogP contribution in [0.4, 0.5) is 0 Å². The Morgan fingerprint density at radius 3 is 2.94 bits per heavy atom. The molecule has 0 atom stereocenters. The van der Waals surface area contributed by atoms with Crippen LogP contribution in [0.1, 0.15) is 24.7 Å². The highest BCUT2D eigenvalue weighted by Gasteiger charge is 2.23. The lowest BCUT2D eigenvalue weighted by Crippen LogP contribution is -2.29. The number of thiophene rings is 1. The quantitative estimate of drug-likeness (QED) is 0.820. The fourth-order valence-corrected chi connectivity index (χ4v) is 2.81. The zero-order valence-electron chi connectivity index (χ0n) is 9.80. The van der Waals surface area contributed by atoms with Gasteiger partial charge >= 0.3 is 0 Å². The topological polar surface area (TPSA) is 42.2 Å². The van der Waals surface area contributed by atoms with Crippen LogP contribution in [0.3, 0.4) is 0 Å². The number of hydrogen-bond acceptors (Lipinski definition) is 5. The van der Waals surface area contributed by atoms with Crippen molar-refractivity contribution in [2.24, 2.45) is 0 Å². The summed E-state index contributed by atoms with van der Waals surface area (Å²) >= 11 is 1.64. The van der Waals surface area contributed by atoms with Gasteiger partial charge in [-0.2, -0.15) is 4.98 Å². The van der Waals surface area contributed by atoms with E-state index in [1.165, 1.54) is 0 Å². The van der Waals surface area contributed by atoms with Crippen molar-refractivity contribution in [3.8, 4) is 10.7 Å². The van der Waals surface area contributed by atoms with Gasteiger partial charge in [-0.1, -0.05) is 11.2 Å². The highest BCUT2D eigenvalue weighted by atomic mass is 32.1. The van der Waals surface area contributed by atoms with Crippen LogP contribution in [0.15, 0.2) is 22.0 Å². The summed E-state index contributed by atoms with van der Waals surface area (Å²) in [6.07, 6.45) is 2.23. The second kappa shape index (κ2) is 4.58. The Kier molecular flexibility index (Phi) is 2.94. The Balaban J connectivity index is 1.76. The number of likely N-dealkylation sites (tertiary alicyclic amines) is 1. The molecule has 90 valence electrons. The van der Waals surface area contributed by atoms with E-state index in [0.29, 0.717) is 5.92 Å². The number of rotatable bonds is 2. The predicted molar refractivity (Wildman–Crippen MR) is 67.1 cm³/mol. The maximum absolute atomic E-state index is 5.39. The normalized spacial score (nSPS) is 18.6. The Morgan fingerprint density at radius 1 is 1.41 bits per heavy atom. The molecule has 0 radical (unpaired) electrons. The molecule has 5 heteroatoms. The SMILES string of the molecule is CN1CCC(c2nc(-c3cccs3)no2)CC1. The second-order valence-corrected chi connectivity index (χ2v) is 5.46. The molecule has 3 heterocycles. The smallest absolute Gasteiger partial charge is 0.230 e. The average molecular weight is 249 g/mol. The van der Waals surface area contributed by atoms with Gasteiger partial charge in [-0.25, -0.2) is 0 Å². The van der Waals surface area contributed by atoms with E-state index < -0.39 is 0 Å². The largest absolute Gasteiger partial charge is 0.339 e. The van der Waals surface area contributed by atoms with E-state index in [0.717, 1.165) is 42.5 Å². The number of piperidine rings is 1. The molecule has 0 aromatic carbocycles. The third kappa shape index (κ3) is 2.25. The van der Waals surface area contributed by atoms with E-state index in [9.17, 15) is 0 Å². The van der Waals surface area contributed by atoms with Crippen molar-refractivity contribution in [2.45, 2.75) is 18.8 Å². The Hall–Kier alpha value is -1.20. The molecule has 1 fully saturated rings. The predicted octanol–water partition coefficient (Wildman–Crippen LogP) is 2.61. The third-order valence-corrected chi connectivity index (χ3v) is 4.12. The fourth-order valence-electron chi connectivity index (χ4n) is 2.16. The van der Waals surface area contributed by atoms with E-state index in [1.54, 1.807) is 11.3 Å². The number of hydrogen-bond donors (Lipinski definition) is 0. The molecule has 2 aromatic rings. The molecule has 1 saturated heterocycles. The lowest BCUT2D eigenvalue weighted by Gasteiger charge is -2.26. The van der Waals surface area contributed by atoms with Gasteiger partial charge in [0, 0.05) is 5.92 Å². The summed E-state index contributed by atoms with van der Waals surface area (Å²) < 4.78 is 5.39. The molecule has 0 unspecified atom stereocenters. The van der Waals surface area contributed by atoms with Crippen LogP contribution in [0, 0.1) is 0 Å². The van der Waals surface area contributed by atoms with Crippen LogP contribution in [0.5, 0.6) is 0 Å². The zero-order chi connectivity index (χ0) is 11.7. The molecule has 0 N–H and O–H groups in total. The molecule has 0 amide bonds. The van der Waals surface area contributed by atoms with Crippen molar-refractivity contribution in [2.75, 3.05) is 20.1 Å². The highest BCUT2D eigenvalue weighted by molar-refractivity contribution is 7.13. The van der Waals surface area contributed by atoms with Gasteiger partial charge < -0.3 is 9.42 Å². The van der Waals surface area contributed by atoms with Crippen LogP contribution in [0.25, 0.3) is 10.7 Å². The van der Waals surface area contributed by atoms with Crippen molar-refractivity contribution in [1.82, 2.24) is 15.0 Å². The summed E-state index contributed by atoms with van der Waals surface area (Å²) in [7, 11) is 2.15. The van der Waals surface area contributed by atoms with Crippen LogP contribution >= 0.6 is 11.3 Å². The fraction of sp³-hybridized carbons (Fsp3) is 0.500. The summed E-state index contributed by atoms with van der Waals surface area (Å²) in [5.74, 6) is 1.97. The lowest BCUT2D eigenvalue weighted by molar-refractivity contribution is 0.227. The maximum atomic E-state index is 5.39. The minimum absolute atomic E-state index is 0.437. The van der Waals surface area contributed by atoms with Gasteiger partial charge in [0.1, 0.15) is 0 Å². The van der Waals surface area contributed by atoms with Gasteiger partial charge in [0.15, 0.2) is 0 Å². The first-order valence-corrected chi connectivity index (χ1v) is 6.77. The monoisotopic (exact) mass is 249 g/mol. The summed E-state index contributed by atoms with van der Waals surface area (Å²) in [5.41, 5.74) is 0. The van der Waals surface area contributed by atoms with Gasteiger partial charge in [-0.15, -0.1) is 11.3 Å². The van der Waals surface area contributed by atoms with Gasteiger partial charge in [0.05, 0.1) is 4.88 Å². The highest BCUT2D eigenvalue weighted by Crippen LogP contribution is 2.29. The standard InChI is InChI=1S/C12H15N3OS/c1-15-6-4-9(5-7-15)12-13-11(14-16-12)10-3-2-8-17-10/h2-3,8-9H,4-7H2,1H3. The van der Waals surface area contributed by atoms with E-state index >= 15 is 0 Å². The molecule has 0 saturated carbocycles. The van der Waals surface area contributed by atoms with E-state index in [1.807, 2.05) is 17.5 Å². The molecular formula is C12H15N3OS.